The molecule has 0 aromatic carbocycles. The highest BCUT2D eigenvalue weighted by molar-refractivity contribution is 5.72. The lowest BCUT2D eigenvalue weighted by atomic mass is 9.78. The van der Waals surface area contributed by atoms with Crippen molar-refractivity contribution in [3.8, 4) is 0 Å². The number of aliphatic hydroxyl groups excluding tert-OH is 2. The monoisotopic (exact) mass is 684 g/mol. The minimum Gasteiger partial charge on any atom is -0.469 e. The molecule has 5 aliphatic rings. The average molecular weight is 685 g/mol. The normalized spacial score (nSPS) is 50.0. The first-order chi connectivity index (χ1) is 22.5. The van der Waals surface area contributed by atoms with E-state index in [4.69, 9.17) is 33.2 Å². The molecule has 5 fully saturated rings. The van der Waals surface area contributed by atoms with E-state index in [1.165, 1.54) is 7.11 Å². The van der Waals surface area contributed by atoms with Gasteiger partial charge in [0.15, 0.2) is 11.6 Å². The van der Waals surface area contributed by atoms with Gasteiger partial charge in [0.25, 0.3) is 0 Å². The Kier molecular flexibility index (Phi) is 11.4. The number of hydrogen-bond acceptors (Lipinski definition) is 11. The topological polar surface area (TPSA) is 142 Å². The molecule has 5 aliphatic heterocycles. The van der Waals surface area contributed by atoms with Gasteiger partial charge in [-0.1, -0.05) is 41.5 Å². The smallest absolute Gasteiger partial charge is 0.311 e. The second-order valence-electron chi connectivity index (χ2n) is 16.5. The lowest BCUT2D eigenvalue weighted by Crippen LogP contribution is -2.57. The SMILES string of the molecule is CC[C@@]1(C2OC(C3O[C@@](O)(CO)[C@H](C)C[C@@H]3C)C[C@@H]2C)CCC([C@]2(C)CC[C@]3(C[C@H](O)[C@@H](C)C([C@@H](C)[C@@H](OC)[C@H](C)C(=O)OC)O3)O2)O1. The van der Waals surface area contributed by atoms with Gasteiger partial charge in [-0.25, -0.2) is 0 Å². The van der Waals surface area contributed by atoms with Gasteiger partial charge < -0.3 is 48.5 Å². The molecule has 17 atom stereocenters. The van der Waals surface area contributed by atoms with Gasteiger partial charge in [0.2, 0.25) is 0 Å². The van der Waals surface area contributed by atoms with Crippen LogP contribution in [0.3, 0.4) is 0 Å². The highest BCUT2D eigenvalue weighted by Crippen LogP contribution is 2.55. The van der Waals surface area contributed by atoms with Crippen LogP contribution >= 0.6 is 0 Å². The van der Waals surface area contributed by atoms with Crippen molar-refractivity contribution in [2.75, 3.05) is 20.8 Å². The molecule has 5 unspecified atom stereocenters. The molecule has 0 saturated carbocycles. The summed E-state index contributed by atoms with van der Waals surface area (Å²) in [6, 6.07) is 0. The molecule has 11 nitrogen and oxygen atoms in total. The summed E-state index contributed by atoms with van der Waals surface area (Å²) < 4.78 is 44.7. The zero-order valence-corrected chi connectivity index (χ0v) is 31.0. The van der Waals surface area contributed by atoms with Crippen molar-refractivity contribution in [1.29, 1.82) is 0 Å². The summed E-state index contributed by atoms with van der Waals surface area (Å²) in [5.41, 5.74) is -1.12. The quantitative estimate of drug-likeness (QED) is 0.283. The van der Waals surface area contributed by atoms with Crippen LogP contribution in [0.1, 0.15) is 107 Å². The summed E-state index contributed by atoms with van der Waals surface area (Å²) in [7, 11) is 2.97. The van der Waals surface area contributed by atoms with Crippen LogP contribution in [-0.4, -0.2) is 108 Å². The molecule has 5 rings (SSSR count). The second kappa shape index (κ2) is 14.3. The van der Waals surface area contributed by atoms with Gasteiger partial charge in [0.1, 0.15) is 0 Å². The molecule has 0 radical (unpaired) electrons. The molecule has 0 aliphatic carbocycles. The Bertz CT molecular complexity index is 1120. The van der Waals surface area contributed by atoms with Crippen LogP contribution in [0.4, 0.5) is 0 Å². The first kappa shape index (κ1) is 38.3. The Morgan fingerprint density at radius 2 is 1.71 bits per heavy atom. The molecule has 0 amide bonds. The van der Waals surface area contributed by atoms with E-state index < -0.39 is 53.6 Å². The van der Waals surface area contributed by atoms with E-state index in [0.29, 0.717) is 12.8 Å². The Labute approximate surface area is 287 Å². The van der Waals surface area contributed by atoms with Crippen LogP contribution in [0.5, 0.6) is 0 Å². The van der Waals surface area contributed by atoms with Crippen molar-refractivity contribution in [2.45, 2.75) is 172 Å². The van der Waals surface area contributed by atoms with E-state index in [9.17, 15) is 20.1 Å². The maximum atomic E-state index is 12.4. The van der Waals surface area contributed by atoms with Crippen LogP contribution in [-0.2, 0) is 38.0 Å². The van der Waals surface area contributed by atoms with Crippen molar-refractivity contribution >= 4 is 5.97 Å². The number of ether oxygens (including phenoxy) is 7. The molecule has 278 valence electrons. The number of carbonyl (C=O) groups is 1. The van der Waals surface area contributed by atoms with E-state index in [1.54, 1.807) is 14.0 Å². The number of carbonyl (C=O) groups excluding carboxylic acids is 1. The molecular formula is C37H64O11. The van der Waals surface area contributed by atoms with E-state index in [-0.39, 0.29) is 60.0 Å². The molecule has 0 aromatic heterocycles. The largest absolute Gasteiger partial charge is 0.469 e. The molecule has 0 aromatic rings. The van der Waals surface area contributed by atoms with Crippen LogP contribution in [0.2, 0.25) is 0 Å². The highest BCUT2D eigenvalue weighted by Gasteiger charge is 2.62. The Balaban J connectivity index is 1.28. The molecule has 3 N–H and O–H groups in total. The van der Waals surface area contributed by atoms with Gasteiger partial charge in [0.05, 0.1) is 73.6 Å². The summed E-state index contributed by atoms with van der Waals surface area (Å²) in [4.78, 5) is 12.4. The van der Waals surface area contributed by atoms with Crippen molar-refractivity contribution in [1.82, 2.24) is 0 Å². The van der Waals surface area contributed by atoms with E-state index in [0.717, 1.165) is 38.5 Å². The zero-order valence-electron chi connectivity index (χ0n) is 31.0. The maximum absolute atomic E-state index is 12.4. The Morgan fingerprint density at radius 3 is 2.33 bits per heavy atom. The van der Waals surface area contributed by atoms with Gasteiger partial charge in [-0.2, -0.15) is 0 Å². The van der Waals surface area contributed by atoms with Crippen LogP contribution in [0.15, 0.2) is 0 Å². The highest BCUT2D eigenvalue weighted by atomic mass is 16.7. The number of aliphatic hydroxyl groups is 3. The van der Waals surface area contributed by atoms with Crippen LogP contribution in [0.25, 0.3) is 0 Å². The second-order valence-corrected chi connectivity index (χ2v) is 16.5. The molecule has 1 spiro atoms. The molecule has 48 heavy (non-hydrogen) atoms. The average Bonchev–Trinajstić information content (AvgIpc) is 3.77. The van der Waals surface area contributed by atoms with Crippen molar-refractivity contribution in [2.24, 2.45) is 35.5 Å². The first-order valence-corrected chi connectivity index (χ1v) is 18.5. The minimum absolute atomic E-state index is 0.143. The van der Waals surface area contributed by atoms with E-state index in [1.807, 2.05) is 20.8 Å². The summed E-state index contributed by atoms with van der Waals surface area (Å²) in [5, 5.41) is 32.3. The van der Waals surface area contributed by atoms with Crippen LogP contribution < -0.4 is 0 Å². The third-order valence-corrected chi connectivity index (χ3v) is 13.2. The summed E-state index contributed by atoms with van der Waals surface area (Å²) in [6.07, 6.45) is 3.37. The van der Waals surface area contributed by atoms with Gasteiger partial charge >= 0.3 is 5.97 Å². The molecule has 0 bridgehead atoms. The maximum Gasteiger partial charge on any atom is 0.311 e. The van der Waals surface area contributed by atoms with Gasteiger partial charge in [-0.3, -0.25) is 4.79 Å². The van der Waals surface area contributed by atoms with Crippen molar-refractivity contribution in [3.63, 3.8) is 0 Å². The van der Waals surface area contributed by atoms with Crippen molar-refractivity contribution < 1.29 is 53.3 Å². The van der Waals surface area contributed by atoms with E-state index in [2.05, 4.69) is 27.7 Å². The number of hydrogen-bond donors (Lipinski definition) is 3. The van der Waals surface area contributed by atoms with Gasteiger partial charge in [-0.15, -0.1) is 0 Å². The molecule has 5 saturated heterocycles. The molecule has 11 heteroatoms. The standard InChI is InChI=1S/C37H64O11/c1-11-35(32-21(3)17-27(44-32)29-20(2)16-22(4)37(41,19-38)47-29)13-12-28(45-35)34(8)14-15-36(48-34)18-26(39)23(5)31(46-36)24(6)30(42-9)25(7)33(40)43-10/h20-32,38-39,41H,11-19H2,1-10H3/t20-,21-,22+,23+,24-,25-,26-,27?,28?,29?,30+,31?,32?,34-,35-,36+,37-/m0/s1. The Morgan fingerprint density at radius 1 is 1.00 bits per heavy atom. The van der Waals surface area contributed by atoms with E-state index >= 15 is 0 Å². The number of esters is 1. The Hall–Kier alpha value is -0.890. The fourth-order valence-electron chi connectivity index (χ4n) is 10.1. The van der Waals surface area contributed by atoms with Crippen LogP contribution in [0, 0.1) is 35.5 Å². The third kappa shape index (κ3) is 6.74. The van der Waals surface area contributed by atoms with Gasteiger partial charge in [-0.05, 0) is 64.2 Å². The predicted molar refractivity (Wildman–Crippen MR) is 177 cm³/mol. The summed E-state index contributed by atoms with van der Waals surface area (Å²) in [5.74, 6) is -3.52. The third-order valence-electron chi connectivity index (χ3n) is 13.2. The van der Waals surface area contributed by atoms with Crippen molar-refractivity contribution in [3.05, 3.63) is 0 Å². The number of rotatable bonds is 10. The first-order valence-electron chi connectivity index (χ1n) is 18.5. The fraction of sp³-hybridized carbons (Fsp3) is 0.973. The zero-order chi connectivity index (χ0) is 35.4. The predicted octanol–water partition coefficient (Wildman–Crippen LogP) is 4.36. The lowest BCUT2D eigenvalue weighted by Gasteiger charge is -2.49. The lowest BCUT2D eigenvalue weighted by molar-refractivity contribution is -0.336. The molecular weight excluding hydrogens is 620 g/mol. The van der Waals surface area contributed by atoms with Gasteiger partial charge in [0, 0.05) is 37.7 Å². The molecule has 5 heterocycles. The summed E-state index contributed by atoms with van der Waals surface area (Å²) >= 11 is 0. The fourth-order valence-corrected chi connectivity index (χ4v) is 10.1. The number of methoxy groups -OCH3 is 2. The minimum atomic E-state index is -1.56. The summed E-state index contributed by atoms with van der Waals surface area (Å²) in [6.45, 7) is 15.9.